The number of benzene rings is 1. The van der Waals surface area contributed by atoms with E-state index in [4.69, 9.17) is 0 Å². The molecule has 1 N–H and O–H groups in total. The number of aliphatic hydroxyl groups is 1. The number of aromatic nitrogens is 6. The Balaban J connectivity index is 1.24. The van der Waals surface area contributed by atoms with E-state index in [1.807, 2.05) is 16.9 Å². The molecule has 34 heavy (non-hydrogen) atoms. The van der Waals surface area contributed by atoms with Crippen molar-refractivity contribution in [2.45, 2.75) is 44.4 Å². The van der Waals surface area contributed by atoms with Crippen LogP contribution in [0.1, 0.15) is 32.2 Å². The molecule has 0 unspecified atom stereocenters. The Hall–Kier alpha value is -3.37. The van der Waals surface area contributed by atoms with Gasteiger partial charge in [-0.25, -0.2) is 14.1 Å². The van der Waals surface area contributed by atoms with Gasteiger partial charge >= 0.3 is 0 Å². The quantitative estimate of drug-likeness (QED) is 0.451. The van der Waals surface area contributed by atoms with Gasteiger partial charge in [0.25, 0.3) is 5.56 Å². The Kier molecular flexibility index (Phi) is 6.01. The van der Waals surface area contributed by atoms with Gasteiger partial charge in [0.1, 0.15) is 17.5 Å². The largest absolute Gasteiger partial charge is 0.388 e. The molecule has 1 saturated heterocycles. The van der Waals surface area contributed by atoms with Crippen LogP contribution < -0.4 is 5.56 Å². The highest BCUT2D eigenvalue weighted by atomic mass is 19.1. The van der Waals surface area contributed by atoms with Gasteiger partial charge in [-0.05, 0) is 56.5 Å². The maximum absolute atomic E-state index is 13.2. The highest BCUT2D eigenvalue weighted by molar-refractivity contribution is 5.74. The summed E-state index contributed by atoms with van der Waals surface area (Å²) in [7, 11) is 0. The van der Waals surface area contributed by atoms with E-state index < -0.39 is 5.60 Å². The summed E-state index contributed by atoms with van der Waals surface area (Å²) < 4.78 is 18.2. The lowest BCUT2D eigenvalue weighted by molar-refractivity contribution is -0.0354. The Labute approximate surface area is 196 Å². The third-order valence-electron chi connectivity index (χ3n) is 6.72. The lowest BCUT2D eigenvalue weighted by Crippen LogP contribution is -2.48. The van der Waals surface area contributed by atoms with Crippen LogP contribution >= 0.6 is 0 Å². The van der Waals surface area contributed by atoms with Crippen molar-refractivity contribution in [3.05, 3.63) is 71.4 Å². The molecule has 3 aromatic heterocycles. The molecular formula is C24H28FN7O2. The minimum absolute atomic E-state index is 0.189. The Bertz CT molecular complexity index is 1310. The van der Waals surface area contributed by atoms with Crippen LogP contribution in [0, 0.1) is 5.82 Å². The third kappa shape index (κ3) is 4.51. The second-order valence-corrected chi connectivity index (χ2v) is 9.14. The molecule has 0 saturated carbocycles. The van der Waals surface area contributed by atoms with Crippen molar-refractivity contribution in [2.24, 2.45) is 0 Å². The van der Waals surface area contributed by atoms with E-state index >= 15 is 0 Å². The molecule has 9 nitrogen and oxygen atoms in total. The van der Waals surface area contributed by atoms with Crippen LogP contribution in [-0.2, 0) is 6.54 Å². The number of likely N-dealkylation sites (tertiary alicyclic amines) is 1. The number of nitrogens with zero attached hydrogens (tertiary/aromatic N) is 7. The molecule has 1 aromatic carbocycles. The molecule has 1 fully saturated rings. The molecule has 10 heteroatoms. The molecule has 1 aliphatic rings. The van der Waals surface area contributed by atoms with E-state index in [1.165, 1.54) is 33.9 Å². The van der Waals surface area contributed by atoms with Gasteiger partial charge < -0.3 is 10.0 Å². The summed E-state index contributed by atoms with van der Waals surface area (Å²) in [6.45, 7) is 4.83. The molecule has 0 bridgehead atoms. The van der Waals surface area contributed by atoms with Crippen molar-refractivity contribution in [2.75, 3.05) is 19.6 Å². The van der Waals surface area contributed by atoms with Crippen LogP contribution in [0.3, 0.4) is 0 Å². The highest BCUT2D eigenvalue weighted by Crippen LogP contribution is 2.25. The van der Waals surface area contributed by atoms with E-state index in [0.717, 1.165) is 26.1 Å². The zero-order chi connectivity index (χ0) is 23.7. The first kappa shape index (κ1) is 22.4. The zero-order valence-corrected chi connectivity index (χ0v) is 19.1. The summed E-state index contributed by atoms with van der Waals surface area (Å²) in [5.74, 6) is -0.345. The van der Waals surface area contributed by atoms with Gasteiger partial charge in [-0.3, -0.25) is 14.0 Å². The van der Waals surface area contributed by atoms with Gasteiger partial charge in [0, 0.05) is 32.0 Å². The van der Waals surface area contributed by atoms with Crippen molar-refractivity contribution in [3.63, 3.8) is 0 Å². The fourth-order valence-corrected chi connectivity index (χ4v) is 4.54. The van der Waals surface area contributed by atoms with Gasteiger partial charge in [-0.1, -0.05) is 0 Å². The molecule has 0 radical (unpaired) electrons. The first-order chi connectivity index (χ1) is 16.4. The fraction of sp³-hybridized carbons (Fsp3) is 0.417. The van der Waals surface area contributed by atoms with E-state index in [9.17, 15) is 14.3 Å². The number of hydrogen-bond acceptors (Lipinski definition) is 6. The van der Waals surface area contributed by atoms with Crippen LogP contribution in [-0.4, -0.2) is 64.4 Å². The molecule has 1 aliphatic heterocycles. The standard InChI is InChI=1S/C24H28FN7O2/c1-18(31-11-2-10-27-31)7-12-29-13-8-24(34,9-14-29)16-30-17-26-22-21(23(30)33)15-28-32(22)20-5-3-19(25)4-6-20/h2-6,10-11,15,17-18,34H,7-9,12-14,16H2,1H3/t18-/m0/s1. The summed E-state index contributed by atoms with van der Waals surface area (Å²) in [5.41, 5.74) is -0.187. The van der Waals surface area contributed by atoms with Gasteiger partial charge in [0.05, 0.1) is 30.1 Å². The number of fused-ring (bicyclic) bond motifs is 1. The average molecular weight is 466 g/mol. The fourth-order valence-electron chi connectivity index (χ4n) is 4.54. The lowest BCUT2D eigenvalue weighted by Gasteiger charge is -2.38. The van der Waals surface area contributed by atoms with Crippen molar-refractivity contribution in [1.29, 1.82) is 0 Å². The predicted molar refractivity (Wildman–Crippen MR) is 125 cm³/mol. The lowest BCUT2D eigenvalue weighted by atomic mass is 9.91. The first-order valence-electron chi connectivity index (χ1n) is 11.5. The average Bonchev–Trinajstić information content (AvgIpc) is 3.52. The predicted octanol–water partition coefficient (Wildman–Crippen LogP) is 2.40. The molecule has 4 heterocycles. The van der Waals surface area contributed by atoms with E-state index in [0.29, 0.717) is 35.6 Å². The Morgan fingerprint density at radius 2 is 1.94 bits per heavy atom. The second-order valence-electron chi connectivity index (χ2n) is 9.14. The number of rotatable bonds is 7. The van der Waals surface area contributed by atoms with Crippen molar-refractivity contribution in [3.8, 4) is 5.69 Å². The van der Waals surface area contributed by atoms with Crippen molar-refractivity contribution < 1.29 is 9.50 Å². The molecule has 178 valence electrons. The third-order valence-corrected chi connectivity index (χ3v) is 6.72. The Morgan fingerprint density at radius 3 is 2.65 bits per heavy atom. The first-order valence-corrected chi connectivity index (χ1v) is 11.5. The van der Waals surface area contributed by atoms with Gasteiger partial charge in [0.2, 0.25) is 0 Å². The zero-order valence-electron chi connectivity index (χ0n) is 19.1. The molecule has 4 aromatic rings. The SMILES string of the molecule is C[C@@H](CCN1CCC(O)(Cn2cnc3c(cnn3-c3ccc(F)cc3)c2=O)CC1)n1cccn1. The number of piperidine rings is 1. The number of hydrogen-bond donors (Lipinski definition) is 1. The van der Waals surface area contributed by atoms with E-state index in [-0.39, 0.29) is 17.9 Å². The van der Waals surface area contributed by atoms with Gasteiger partial charge in [-0.2, -0.15) is 10.2 Å². The summed E-state index contributed by atoms with van der Waals surface area (Å²) in [4.78, 5) is 19.9. The van der Waals surface area contributed by atoms with Gasteiger partial charge in [-0.15, -0.1) is 0 Å². The molecular weight excluding hydrogens is 437 g/mol. The smallest absolute Gasteiger partial charge is 0.264 e. The second kappa shape index (κ2) is 9.11. The van der Waals surface area contributed by atoms with Gasteiger partial charge in [0.15, 0.2) is 5.65 Å². The molecule has 0 spiro atoms. The summed E-state index contributed by atoms with van der Waals surface area (Å²) in [6.07, 6.45) is 8.86. The van der Waals surface area contributed by atoms with Crippen LogP contribution in [0.2, 0.25) is 0 Å². The van der Waals surface area contributed by atoms with Crippen LogP contribution in [0.5, 0.6) is 0 Å². The minimum Gasteiger partial charge on any atom is -0.388 e. The molecule has 0 amide bonds. The van der Waals surface area contributed by atoms with E-state index in [2.05, 4.69) is 27.0 Å². The monoisotopic (exact) mass is 465 g/mol. The topological polar surface area (TPSA) is 94.0 Å². The van der Waals surface area contributed by atoms with Crippen LogP contribution in [0.15, 0.2) is 60.0 Å². The molecule has 0 aliphatic carbocycles. The maximum atomic E-state index is 13.2. The summed E-state index contributed by atoms with van der Waals surface area (Å²) >= 11 is 0. The van der Waals surface area contributed by atoms with E-state index in [1.54, 1.807) is 18.3 Å². The molecule has 1 atom stereocenters. The minimum atomic E-state index is -0.962. The van der Waals surface area contributed by atoms with Crippen molar-refractivity contribution >= 4 is 11.0 Å². The van der Waals surface area contributed by atoms with Crippen LogP contribution in [0.25, 0.3) is 16.7 Å². The van der Waals surface area contributed by atoms with Crippen molar-refractivity contribution in [1.82, 2.24) is 34.0 Å². The normalized spacial score (nSPS) is 17.3. The highest BCUT2D eigenvalue weighted by Gasteiger charge is 2.33. The Morgan fingerprint density at radius 1 is 1.18 bits per heavy atom. The molecule has 5 rings (SSSR count). The maximum Gasteiger partial charge on any atom is 0.264 e. The summed E-state index contributed by atoms with van der Waals surface area (Å²) in [5, 5.41) is 20.1. The number of halogens is 1. The van der Waals surface area contributed by atoms with Crippen LogP contribution in [0.4, 0.5) is 4.39 Å². The summed E-state index contributed by atoms with van der Waals surface area (Å²) in [6, 6.07) is 8.10.